The van der Waals surface area contributed by atoms with Gasteiger partial charge in [-0.15, -0.1) is 0 Å². The SMILES string of the molecule is CCOC(=O)c1nc2c(nc1C(=O)OCC)N(c1ccccc1)c1nc(C(=O)OCC)c(C(=O)OCC)nc1N2c1ccccc1. The molecule has 0 saturated carbocycles. The van der Waals surface area contributed by atoms with Crippen molar-refractivity contribution in [1.29, 1.82) is 0 Å². The molecule has 0 unspecified atom stereocenters. The van der Waals surface area contributed by atoms with Crippen LogP contribution in [0.5, 0.6) is 0 Å². The molecule has 0 fully saturated rings. The third kappa shape index (κ3) is 5.92. The first kappa shape index (κ1) is 31.5. The Morgan fingerprint density at radius 1 is 0.457 bits per heavy atom. The molecule has 5 rings (SSSR count). The highest BCUT2D eigenvalue weighted by Gasteiger charge is 2.41. The predicted molar refractivity (Wildman–Crippen MR) is 164 cm³/mol. The van der Waals surface area contributed by atoms with Crippen molar-refractivity contribution in [1.82, 2.24) is 19.9 Å². The minimum Gasteiger partial charge on any atom is -0.461 e. The number of rotatable bonds is 10. The minimum atomic E-state index is -0.901. The van der Waals surface area contributed by atoms with E-state index in [1.54, 1.807) is 88.4 Å². The van der Waals surface area contributed by atoms with E-state index >= 15 is 0 Å². The van der Waals surface area contributed by atoms with Crippen LogP contribution in [0.1, 0.15) is 69.6 Å². The second-order valence-electron chi connectivity index (χ2n) is 9.36. The van der Waals surface area contributed by atoms with Gasteiger partial charge in [-0.25, -0.2) is 39.1 Å². The van der Waals surface area contributed by atoms with E-state index in [4.69, 9.17) is 18.9 Å². The first-order valence-corrected chi connectivity index (χ1v) is 14.6. The van der Waals surface area contributed by atoms with Crippen LogP contribution >= 0.6 is 0 Å². The molecule has 236 valence electrons. The number of hydrogen-bond donors (Lipinski definition) is 0. The summed E-state index contributed by atoms with van der Waals surface area (Å²) in [6, 6.07) is 17.6. The van der Waals surface area contributed by atoms with E-state index < -0.39 is 46.7 Å². The molecular weight excluding hydrogens is 596 g/mol. The molecule has 2 aromatic heterocycles. The molecule has 1 aliphatic rings. The van der Waals surface area contributed by atoms with E-state index in [1.807, 2.05) is 0 Å². The molecule has 0 amide bonds. The summed E-state index contributed by atoms with van der Waals surface area (Å²) in [7, 11) is 0. The molecule has 3 heterocycles. The number of nitrogens with zero attached hydrogens (tertiary/aromatic N) is 6. The zero-order valence-electron chi connectivity index (χ0n) is 25.6. The Kier molecular flexibility index (Phi) is 9.45. The van der Waals surface area contributed by atoms with E-state index in [9.17, 15) is 19.2 Å². The van der Waals surface area contributed by atoms with Gasteiger partial charge >= 0.3 is 23.9 Å². The molecule has 0 radical (unpaired) electrons. The van der Waals surface area contributed by atoms with E-state index in [0.29, 0.717) is 11.4 Å². The fraction of sp³-hybridized carbons (Fsp3) is 0.250. The van der Waals surface area contributed by atoms with Gasteiger partial charge in [0.15, 0.2) is 46.0 Å². The second kappa shape index (κ2) is 13.8. The van der Waals surface area contributed by atoms with Crippen LogP contribution in [0.3, 0.4) is 0 Å². The molecule has 0 saturated heterocycles. The first-order valence-electron chi connectivity index (χ1n) is 14.6. The Morgan fingerprint density at radius 2 is 0.696 bits per heavy atom. The number of anilines is 6. The zero-order chi connectivity index (χ0) is 32.8. The normalized spacial score (nSPS) is 11.7. The zero-order valence-corrected chi connectivity index (χ0v) is 25.6. The average molecular weight is 627 g/mol. The Hall–Kier alpha value is -5.92. The molecule has 0 atom stereocenters. The van der Waals surface area contributed by atoms with Crippen LogP contribution in [0.4, 0.5) is 34.6 Å². The fourth-order valence-corrected chi connectivity index (χ4v) is 4.65. The van der Waals surface area contributed by atoms with Crippen LogP contribution in [0.2, 0.25) is 0 Å². The van der Waals surface area contributed by atoms with Gasteiger partial charge in [0, 0.05) is 11.4 Å². The lowest BCUT2D eigenvalue weighted by Crippen LogP contribution is -2.32. The molecular formula is C32H30N6O8. The van der Waals surface area contributed by atoms with Gasteiger partial charge in [0.05, 0.1) is 26.4 Å². The maximum atomic E-state index is 13.2. The van der Waals surface area contributed by atoms with Crippen LogP contribution in [0, 0.1) is 0 Å². The third-order valence-corrected chi connectivity index (χ3v) is 6.47. The summed E-state index contributed by atoms with van der Waals surface area (Å²) in [5.74, 6) is -3.41. The Morgan fingerprint density at radius 3 is 0.913 bits per heavy atom. The quantitative estimate of drug-likeness (QED) is 0.146. The highest BCUT2D eigenvalue weighted by atomic mass is 16.5. The summed E-state index contributed by atoms with van der Waals surface area (Å²) in [5, 5.41) is 0. The van der Waals surface area contributed by atoms with Gasteiger partial charge in [-0.2, -0.15) is 0 Å². The number of hydrogen-bond acceptors (Lipinski definition) is 14. The molecule has 0 bridgehead atoms. The number of carbonyl (C=O) groups excluding carboxylic acids is 4. The number of carbonyl (C=O) groups is 4. The van der Waals surface area contributed by atoms with Gasteiger partial charge in [-0.1, -0.05) is 36.4 Å². The number of para-hydroxylation sites is 2. The second-order valence-corrected chi connectivity index (χ2v) is 9.36. The lowest BCUT2D eigenvalue weighted by atomic mass is 10.1. The number of fused-ring (bicyclic) bond motifs is 2. The maximum Gasteiger partial charge on any atom is 0.359 e. The first-order chi connectivity index (χ1) is 22.3. The number of ether oxygens (including phenoxy) is 4. The van der Waals surface area contributed by atoms with Crippen LogP contribution < -0.4 is 9.80 Å². The van der Waals surface area contributed by atoms with Crippen molar-refractivity contribution in [2.45, 2.75) is 27.7 Å². The maximum absolute atomic E-state index is 13.2. The summed E-state index contributed by atoms with van der Waals surface area (Å²) in [4.78, 5) is 74.3. The highest BCUT2D eigenvalue weighted by molar-refractivity contribution is 6.06. The molecule has 1 aliphatic heterocycles. The van der Waals surface area contributed by atoms with Crippen LogP contribution in [0.15, 0.2) is 60.7 Å². The monoisotopic (exact) mass is 626 g/mol. The molecule has 14 nitrogen and oxygen atoms in total. The van der Waals surface area contributed by atoms with Crippen molar-refractivity contribution in [3.8, 4) is 0 Å². The largest absolute Gasteiger partial charge is 0.461 e. The van der Waals surface area contributed by atoms with Crippen LogP contribution in [0.25, 0.3) is 0 Å². The molecule has 46 heavy (non-hydrogen) atoms. The molecule has 4 aromatic rings. The van der Waals surface area contributed by atoms with Gasteiger partial charge in [-0.3, -0.25) is 9.80 Å². The van der Waals surface area contributed by atoms with Crippen LogP contribution in [-0.2, 0) is 18.9 Å². The van der Waals surface area contributed by atoms with Crippen molar-refractivity contribution in [2.24, 2.45) is 0 Å². The van der Waals surface area contributed by atoms with E-state index in [2.05, 4.69) is 19.9 Å². The lowest BCUT2D eigenvalue weighted by Gasteiger charge is -2.37. The minimum absolute atomic E-state index is 0.00620. The van der Waals surface area contributed by atoms with Gasteiger partial charge in [0.1, 0.15) is 0 Å². The predicted octanol–water partition coefficient (Wildman–Crippen LogP) is 5.23. The average Bonchev–Trinajstić information content (AvgIpc) is 3.07. The lowest BCUT2D eigenvalue weighted by molar-refractivity contribution is 0.0467. The van der Waals surface area contributed by atoms with Crippen molar-refractivity contribution in [2.75, 3.05) is 36.2 Å². The smallest absolute Gasteiger partial charge is 0.359 e. The van der Waals surface area contributed by atoms with Gasteiger partial charge < -0.3 is 18.9 Å². The third-order valence-electron chi connectivity index (χ3n) is 6.47. The van der Waals surface area contributed by atoms with Gasteiger partial charge in [-0.05, 0) is 52.0 Å². The van der Waals surface area contributed by atoms with E-state index in [0.717, 1.165) is 0 Å². The molecule has 0 aliphatic carbocycles. The summed E-state index contributed by atoms with van der Waals surface area (Å²) in [6.45, 7) is 6.49. The van der Waals surface area contributed by atoms with Gasteiger partial charge in [0.2, 0.25) is 0 Å². The number of esters is 4. The molecule has 14 heteroatoms. The molecule has 0 N–H and O–H groups in total. The highest BCUT2D eigenvalue weighted by Crippen LogP contribution is 2.51. The molecule has 0 spiro atoms. The summed E-state index contributed by atoms with van der Waals surface area (Å²) < 4.78 is 20.9. The Bertz CT molecular complexity index is 1560. The van der Waals surface area contributed by atoms with E-state index in [1.165, 1.54) is 9.80 Å². The Labute approximate surface area is 263 Å². The summed E-state index contributed by atoms with van der Waals surface area (Å²) >= 11 is 0. The summed E-state index contributed by atoms with van der Waals surface area (Å²) in [5.41, 5.74) is -0.593. The van der Waals surface area contributed by atoms with Crippen molar-refractivity contribution < 1.29 is 38.1 Å². The summed E-state index contributed by atoms with van der Waals surface area (Å²) in [6.07, 6.45) is 0. The topological polar surface area (TPSA) is 163 Å². The van der Waals surface area contributed by atoms with Crippen LogP contribution in [-0.4, -0.2) is 70.2 Å². The standard InChI is InChI=1S/C32H30N6O8/c1-5-43-29(39)21-22(30(40)44-6-2)34-26-25(33-21)37(19-15-11-9-12-16-19)27-28(38(26)20-17-13-10-14-18-20)36-24(32(42)46-8-4)23(35-27)31(41)45-7-3/h9-18H,5-8H2,1-4H3. The van der Waals surface area contributed by atoms with Crippen molar-refractivity contribution in [3.05, 3.63) is 83.4 Å². The van der Waals surface area contributed by atoms with E-state index in [-0.39, 0.29) is 49.7 Å². The number of aromatic nitrogens is 4. The van der Waals surface area contributed by atoms with Crippen molar-refractivity contribution >= 4 is 58.5 Å². The molecule has 2 aromatic carbocycles. The Balaban J connectivity index is 1.92. The fourth-order valence-electron chi connectivity index (χ4n) is 4.65. The van der Waals surface area contributed by atoms with Crippen molar-refractivity contribution in [3.63, 3.8) is 0 Å². The van der Waals surface area contributed by atoms with Gasteiger partial charge in [0.25, 0.3) is 0 Å². The number of benzene rings is 2.